The van der Waals surface area contributed by atoms with Gasteiger partial charge in [0.25, 0.3) is 0 Å². The summed E-state index contributed by atoms with van der Waals surface area (Å²) in [5.41, 5.74) is 0. The molecule has 0 saturated heterocycles. The molecule has 0 aromatic heterocycles. The third-order valence-electron chi connectivity index (χ3n) is 2.56. The van der Waals surface area contributed by atoms with Crippen molar-refractivity contribution in [3.8, 4) is 0 Å². The molecule has 1 heterocycles. The summed E-state index contributed by atoms with van der Waals surface area (Å²) in [5, 5.41) is 0. The van der Waals surface area contributed by atoms with Crippen molar-refractivity contribution in [2.24, 2.45) is 0 Å². The van der Waals surface area contributed by atoms with E-state index in [1.54, 1.807) is 23.9 Å². The second kappa shape index (κ2) is 5.06. The van der Waals surface area contributed by atoms with E-state index < -0.39 is 21.0 Å². The Labute approximate surface area is 119 Å². The van der Waals surface area contributed by atoms with E-state index in [0.717, 1.165) is 26.0 Å². The maximum absolute atomic E-state index is 10.9. The van der Waals surface area contributed by atoms with Crippen LogP contribution in [0.15, 0.2) is 57.2 Å². The van der Waals surface area contributed by atoms with Crippen molar-refractivity contribution in [1.82, 2.24) is 0 Å². The Balaban J connectivity index is 2.17. The van der Waals surface area contributed by atoms with Gasteiger partial charge in [-0.25, -0.2) is 0 Å². The summed E-state index contributed by atoms with van der Waals surface area (Å²) in [6.07, 6.45) is 6.56. The van der Waals surface area contributed by atoms with E-state index in [2.05, 4.69) is 0 Å². The first-order valence-corrected chi connectivity index (χ1v) is 8.61. The fourth-order valence-electron chi connectivity index (χ4n) is 1.85. The van der Waals surface area contributed by atoms with Crippen LogP contribution in [0, 0.1) is 10.2 Å². The van der Waals surface area contributed by atoms with Gasteiger partial charge in [-0.05, 0) is 24.6 Å². The Hall–Kier alpha value is -0.600. The Kier molecular flexibility index (Phi) is 3.57. The van der Waals surface area contributed by atoms with E-state index in [1.807, 2.05) is 30.4 Å². The van der Waals surface area contributed by atoms with Crippen molar-refractivity contribution in [2.45, 2.75) is 16.2 Å². The van der Waals surface area contributed by atoms with Crippen LogP contribution in [0.1, 0.15) is 6.42 Å². The molecule has 4 nitrogen and oxygen atoms in total. The molecule has 1 aromatic carbocycles. The van der Waals surface area contributed by atoms with Crippen LogP contribution in [0.4, 0.5) is 0 Å². The molecule has 0 amide bonds. The third kappa shape index (κ3) is 2.80. The molecule has 0 radical (unpaired) electrons. The Morgan fingerprint density at radius 1 is 1.21 bits per heavy atom. The first kappa shape index (κ1) is 13.4. The number of allylic oxidation sites excluding steroid dienone is 4. The molecule has 0 N–H and O–H groups in total. The van der Waals surface area contributed by atoms with E-state index in [0.29, 0.717) is 0 Å². The van der Waals surface area contributed by atoms with Crippen molar-refractivity contribution in [3.05, 3.63) is 47.4 Å². The monoisotopic (exact) mass is 316 g/mol. The average molecular weight is 317 g/mol. The molecule has 0 bridgehead atoms. The van der Waals surface area contributed by atoms with Gasteiger partial charge in [0.1, 0.15) is 14.5 Å². The topological polar surface area (TPSA) is 78.4 Å². The van der Waals surface area contributed by atoms with Crippen LogP contribution >= 0.6 is 22.5 Å². The van der Waals surface area contributed by atoms with Crippen molar-refractivity contribution in [1.29, 1.82) is 0 Å². The summed E-state index contributed by atoms with van der Waals surface area (Å²) in [4.78, 5) is 3.37. The van der Waals surface area contributed by atoms with Crippen LogP contribution in [0.2, 0.25) is 0 Å². The largest absolute Gasteiger partial charge is 0.182 e. The Bertz CT molecular complexity index is 616. The van der Waals surface area contributed by atoms with E-state index in [1.165, 1.54) is 0 Å². The molecule has 1 aromatic rings. The summed E-state index contributed by atoms with van der Waals surface area (Å²) in [5.74, 6) is 0. The van der Waals surface area contributed by atoms with Crippen LogP contribution < -0.4 is 14.0 Å². The van der Waals surface area contributed by atoms with Gasteiger partial charge in [0, 0.05) is 9.80 Å². The molecule has 100 valence electrons. The molecule has 0 saturated carbocycles. The fourth-order valence-corrected chi connectivity index (χ4v) is 5.79. The molecular weight excluding hydrogens is 308 g/mol. The van der Waals surface area contributed by atoms with Gasteiger partial charge in [-0.3, -0.25) is 0 Å². The number of hydrogen-bond donors (Lipinski definition) is 0. The van der Waals surface area contributed by atoms with Gasteiger partial charge >= 0.3 is 0 Å². The van der Waals surface area contributed by atoms with Crippen LogP contribution in [0.5, 0.6) is 0 Å². The molecule has 1 aliphatic heterocycles. The van der Waals surface area contributed by atoms with Crippen molar-refractivity contribution in [3.63, 3.8) is 0 Å². The predicted molar refractivity (Wildman–Crippen MR) is 66.1 cm³/mol. The summed E-state index contributed by atoms with van der Waals surface area (Å²) in [7, 11) is -5.64. The summed E-state index contributed by atoms with van der Waals surface area (Å²) >= 11 is 1.57. The van der Waals surface area contributed by atoms with Crippen molar-refractivity contribution < 1.29 is 28.0 Å². The normalized spacial score (nSPS) is 21.7. The highest BCUT2D eigenvalue weighted by Gasteiger charge is 2.32. The van der Waals surface area contributed by atoms with E-state index in [9.17, 15) is 14.0 Å². The van der Waals surface area contributed by atoms with E-state index in [-0.39, 0.29) is 0 Å². The molecule has 1 unspecified atom stereocenters. The highest BCUT2D eigenvalue weighted by molar-refractivity contribution is 8.17. The standard InChI is InChI=1S/C12H9ClO4S2/c14-13(15,16)17-19-11-7-3-1-5-9(11)18-10-6-2-4-8-12(10)19/h1,3-8H,2H2. The Morgan fingerprint density at radius 3 is 2.79 bits per heavy atom. The van der Waals surface area contributed by atoms with Crippen LogP contribution in [-0.2, 0) is 3.74 Å². The van der Waals surface area contributed by atoms with Gasteiger partial charge in [-0.1, -0.05) is 36.0 Å². The minimum atomic E-state index is -4.46. The predicted octanol–water partition coefficient (Wildman–Crippen LogP) is 0.265. The average Bonchev–Trinajstić information content (AvgIpc) is 2.37. The number of fused-ring (bicyclic) bond motifs is 2. The van der Waals surface area contributed by atoms with Gasteiger partial charge in [-0.15, -0.1) is 0 Å². The first-order chi connectivity index (χ1) is 9.04. The SMILES string of the molecule is [O-][Cl+3]([O-])([O-])OS1=C2C=CCC=C2Sc2ccccc21. The molecule has 1 aliphatic carbocycles. The smallest absolute Gasteiger partial charge is 0.149 e. The number of halogens is 1. The maximum atomic E-state index is 10.9. The molecule has 19 heavy (non-hydrogen) atoms. The zero-order valence-electron chi connectivity index (χ0n) is 9.58. The van der Waals surface area contributed by atoms with Gasteiger partial charge in [0.05, 0.1) is 20.0 Å². The van der Waals surface area contributed by atoms with E-state index >= 15 is 0 Å². The van der Waals surface area contributed by atoms with Crippen molar-refractivity contribution >= 4 is 27.4 Å². The lowest BCUT2D eigenvalue weighted by atomic mass is 10.2. The lowest BCUT2D eigenvalue weighted by Crippen LogP contribution is -2.60. The highest BCUT2D eigenvalue weighted by atomic mass is 35.7. The Morgan fingerprint density at radius 2 is 2.00 bits per heavy atom. The van der Waals surface area contributed by atoms with Gasteiger partial charge in [0.15, 0.2) is 0 Å². The number of rotatable bonds is 2. The molecule has 0 spiro atoms. The molecule has 2 aliphatic rings. The summed E-state index contributed by atoms with van der Waals surface area (Å²) in [6.45, 7) is 0. The third-order valence-corrected chi connectivity index (χ3v) is 6.63. The highest BCUT2D eigenvalue weighted by Crippen LogP contribution is 2.49. The molecule has 3 rings (SSSR count). The quantitative estimate of drug-likeness (QED) is 0.732. The molecule has 0 fully saturated rings. The zero-order chi connectivity index (χ0) is 13.5. The van der Waals surface area contributed by atoms with Crippen LogP contribution in [-0.4, -0.2) is 4.86 Å². The van der Waals surface area contributed by atoms with Gasteiger partial charge < -0.3 is 0 Å². The summed E-state index contributed by atoms with van der Waals surface area (Å²) in [6, 6.07) is 7.37. The number of hydrogen-bond acceptors (Lipinski definition) is 5. The second-order valence-electron chi connectivity index (χ2n) is 3.83. The van der Waals surface area contributed by atoms with E-state index in [4.69, 9.17) is 3.74 Å². The minimum Gasteiger partial charge on any atom is -0.182 e. The van der Waals surface area contributed by atoms with Crippen molar-refractivity contribution in [2.75, 3.05) is 0 Å². The second-order valence-corrected chi connectivity index (χ2v) is 7.59. The van der Waals surface area contributed by atoms with Crippen LogP contribution in [0.3, 0.4) is 0 Å². The summed E-state index contributed by atoms with van der Waals surface area (Å²) < 4.78 is 37.5. The molecular formula is C12H9ClO4S2. The van der Waals surface area contributed by atoms with Gasteiger partial charge in [0.2, 0.25) is 0 Å². The lowest BCUT2D eigenvalue weighted by Gasteiger charge is -2.23. The first-order valence-electron chi connectivity index (χ1n) is 5.40. The fraction of sp³-hybridized carbons (Fsp3) is 0.0833. The molecule has 7 heteroatoms. The van der Waals surface area contributed by atoms with Crippen LogP contribution in [0.25, 0.3) is 0 Å². The maximum Gasteiger partial charge on any atom is 0.149 e. The lowest BCUT2D eigenvalue weighted by molar-refractivity contribution is -1.91. The minimum absolute atomic E-state index is 0.734. The zero-order valence-corrected chi connectivity index (χ0v) is 12.0. The number of benzene rings is 1. The molecule has 1 atom stereocenters. The van der Waals surface area contributed by atoms with Gasteiger partial charge in [-0.2, -0.15) is 14.0 Å². The number of thioether (sulfide) groups is 1.